The quantitative estimate of drug-likeness (QED) is 0.803. The van der Waals surface area contributed by atoms with Crippen LogP contribution in [0.4, 0.5) is 0 Å². The fraction of sp³-hybridized carbons (Fsp3) is 0.417. The van der Waals surface area contributed by atoms with Crippen LogP contribution in [0.15, 0.2) is 24.3 Å². The van der Waals surface area contributed by atoms with E-state index in [1.54, 1.807) is 0 Å². The van der Waals surface area contributed by atoms with E-state index in [1.165, 1.54) is 12.7 Å². The van der Waals surface area contributed by atoms with Gasteiger partial charge < -0.3 is 9.84 Å². The summed E-state index contributed by atoms with van der Waals surface area (Å²) >= 11 is 0. The maximum Gasteiger partial charge on any atom is 0.333 e. The summed E-state index contributed by atoms with van der Waals surface area (Å²) in [4.78, 5) is 10.7. The van der Waals surface area contributed by atoms with Gasteiger partial charge in [-0.25, -0.2) is 4.79 Å². The lowest BCUT2D eigenvalue weighted by Gasteiger charge is -2.10. The molecule has 0 aromatic heterocycles. The molecule has 0 unspecified atom stereocenters. The zero-order chi connectivity index (χ0) is 11.3. The minimum atomic E-state index is -0.919. The Balaban J connectivity index is 2.67. The van der Waals surface area contributed by atoms with Crippen molar-refractivity contribution in [2.75, 3.05) is 7.11 Å². The Hall–Kier alpha value is -1.35. The summed E-state index contributed by atoms with van der Waals surface area (Å²) in [5.74, 6) is -0.919. The van der Waals surface area contributed by atoms with Crippen molar-refractivity contribution in [1.29, 1.82) is 0 Å². The van der Waals surface area contributed by atoms with Crippen LogP contribution in [0.2, 0.25) is 0 Å². The lowest BCUT2D eigenvalue weighted by molar-refractivity contribution is -0.148. The maximum absolute atomic E-state index is 10.7. The number of carboxylic acids is 1. The van der Waals surface area contributed by atoms with Gasteiger partial charge in [0, 0.05) is 13.5 Å². The normalized spacial score (nSPS) is 12.4. The number of rotatable bonds is 5. The SMILES string of the molecule is CCc1ccc(C[C@H](OC)C(=O)O)cc1. The van der Waals surface area contributed by atoms with Crippen molar-refractivity contribution < 1.29 is 14.6 Å². The van der Waals surface area contributed by atoms with E-state index in [1.807, 2.05) is 24.3 Å². The van der Waals surface area contributed by atoms with Crippen molar-refractivity contribution in [3.05, 3.63) is 35.4 Å². The van der Waals surface area contributed by atoms with Crippen LogP contribution >= 0.6 is 0 Å². The third-order valence-corrected chi connectivity index (χ3v) is 2.41. The van der Waals surface area contributed by atoms with Crippen LogP contribution in [-0.4, -0.2) is 24.3 Å². The first-order valence-electron chi connectivity index (χ1n) is 5.00. The molecule has 0 aliphatic rings. The molecule has 0 aliphatic carbocycles. The molecule has 15 heavy (non-hydrogen) atoms. The fourth-order valence-corrected chi connectivity index (χ4v) is 1.40. The van der Waals surface area contributed by atoms with E-state index in [-0.39, 0.29) is 0 Å². The van der Waals surface area contributed by atoms with Crippen LogP contribution in [0.1, 0.15) is 18.1 Å². The Morgan fingerprint density at radius 3 is 2.27 bits per heavy atom. The van der Waals surface area contributed by atoms with Crippen molar-refractivity contribution in [3.63, 3.8) is 0 Å². The highest BCUT2D eigenvalue weighted by Crippen LogP contribution is 2.09. The Labute approximate surface area is 89.7 Å². The molecule has 1 atom stereocenters. The zero-order valence-corrected chi connectivity index (χ0v) is 9.06. The zero-order valence-electron chi connectivity index (χ0n) is 9.06. The molecule has 0 amide bonds. The molecule has 1 N–H and O–H groups in total. The van der Waals surface area contributed by atoms with E-state index in [4.69, 9.17) is 9.84 Å². The molecule has 0 saturated carbocycles. The van der Waals surface area contributed by atoms with Crippen molar-refractivity contribution >= 4 is 5.97 Å². The van der Waals surface area contributed by atoms with Gasteiger partial charge in [0.25, 0.3) is 0 Å². The summed E-state index contributed by atoms with van der Waals surface area (Å²) in [7, 11) is 1.42. The molecule has 0 radical (unpaired) electrons. The largest absolute Gasteiger partial charge is 0.479 e. The molecule has 3 heteroatoms. The summed E-state index contributed by atoms with van der Waals surface area (Å²) in [5.41, 5.74) is 2.24. The predicted octanol–water partition coefficient (Wildman–Crippen LogP) is 1.89. The summed E-state index contributed by atoms with van der Waals surface area (Å²) in [6.45, 7) is 2.09. The molecule has 0 bridgehead atoms. The second-order valence-electron chi connectivity index (χ2n) is 3.44. The number of benzene rings is 1. The first kappa shape index (κ1) is 11.7. The van der Waals surface area contributed by atoms with E-state index >= 15 is 0 Å². The molecule has 0 fully saturated rings. The monoisotopic (exact) mass is 208 g/mol. The molecule has 82 valence electrons. The van der Waals surface area contributed by atoms with Crippen LogP contribution in [0, 0.1) is 0 Å². The molecule has 3 nitrogen and oxygen atoms in total. The maximum atomic E-state index is 10.7. The number of methoxy groups -OCH3 is 1. The topological polar surface area (TPSA) is 46.5 Å². The second-order valence-corrected chi connectivity index (χ2v) is 3.44. The number of ether oxygens (including phenoxy) is 1. The van der Waals surface area contributed by atoms with E-state index in [2.05, 4.69) is 6.92 Å². The first-order valence-corrected chi connectivity index (χ1v) is 5.00. The third-order valence-electron chi connectivity index (χ3n) is 2.41. The van der Waals surface area contributed by atoms with Gasteiger partial charge in [-0.05, 0) is 17.5 Å². The standard InChI is InChI=1S/C12H16O3/c1-3-9-4-6-10(7-5-9)8-11(15-2)12(13)14/h4-7,11H,3,8H2,1-2H3,(H,13,14)/t11-/m0/s1. The highest BCUT2D eigenvalue weighted by Gasteiger charge is 2.16. The number of aryl methyl sites for hydroxylation is 1. The van der Waals surface area contributed by atoms with Crippen LogP contribution in [0.25, 0.3) is 0 Å². The predicted molar refractivity (Wildman–Crippen MR) is 58.0 cm³/mol. The summed E-state index contributed by atoms with van der Waals surface area (Å²) < 4.78 is 4.87. The van der Waals surface area contributed by atoms with Crippen molar-refractivity contribution in [3.8, 4) is 0 Å². The van der Waals surface area contributed by atoms with E-state index in [0.29, 0.717) is 6.42 Å². The van der Waals surface area contributed by atoms with Gasteiger partial charge in [0.15, 0.2) is 6.10 Å². The Morgan fingerprint density at radius 2 is 1.87 bits per heavy atom. The van der Waals surface area contributed by atoms with E-state index in [9.17, 15) is 4.79 Å². The van der Waals surface area contributed by atoms with Gasteiger partial charge in [0.1, 0.15) is 0 Å². The average Bonchev–Trinajstić information content (AvgIpc) is 2.26. The van der Waals surface area contributed by atoms with Gasteiger partial charge in [-0.15, -0.1) is 0 Å². The van der Waals surface area contributed by atoms with Gasteiger partial charge in [0.05, 0.1) is 0 Å². The summed E-state index contributed by atoms with van der Waals surface area (Å²) in [5, 5.41) is 8.81. The first-order chi connectivity index (χ1) is 7.17. The number of aliphatic carboxylic acids is 1. The van der Waals surface area contributed by atoms with Crippen LogP contribution in [-0.2, 0) is 22.4 Å². The lowest BCUT2D eigenvalue weighted by Crippen LogP contribution is -2.24. The summed E-state index contributed by atoms with van der Waals surface area (Å²) in [6.07, 6.45) is 0.653. The van der Waals surface area contributed by atoms with Crippen molar-refractivity contribution in [1.82, 2.24) is 0 Å². The number of hydrogen-bond donors (Lipinski definition) is 1. The molecule has 1 aromatic carbocycles. The number of carbonyl (C=O) groups is 1. The highest BCUT2D eigenvalue weighted by atomic mass is 16.5. The number of carboxylic acid groups (broad SMARTS) is 1. The van der Waals surface area contributed by atoms with Gasteiger partial charge in [-0.3, -0.25) is 0 Å². The molecule has 0 saturated heterocycles. The molecule has 1 aromatic rings. The minimum absolute atomic E-state index is 0.413. The average molecular weight is 208 g/mol. The molecule has 0 heterocycles. The van der Waals surface area contributed by atoms with Gasteiger partial charge >= 0.3 is 5.97 Å². The van der Waals surface area contributed by atoms with E-state index < -0.39 is 12.1 Å². The lowest BCUT2D eigenvalue weighted by atomic mass is 10.0. The van der Waals surface area contributed by atoms with Crippen molar-refractivity contribution in [2.45, 2.75) is 25.9 Å². The minimum Gasteiger partial charge on any atom is -0.479 e. The summed E-state index contributed by atoms with van der Waals surface area (Å²) in [6, 6.07) is 7.94. The molecular formula is C12H16O3. The van der Waals surface area contributed by atoms with Crippen molar-refractivity contribution in [2.24, 2.45) is 0 Å². The smallest absolute Gasteiger partial charge is 0.333 e. The Morgan fingerprint density at radius 1 is 1.33 bits per heavy atom. The molecule has 0 spiro atoms. The molecular weight excluding hydrogens is 192 g/mol. The molecule has 1 rings (SSSR count). The highest BCUT2D eigenvalue weighted by molar-refractivity contribution is 5.72. The Bertz CT molecular complexity index is 316. The van der Waals surface area contributed by atoms with Crippen LogP contribution in [0.5, 0.6) is 0 Å². The second kappa shape index (κ2) is 5.51. The fourth-order valence-electron chi connectivity index (χ4n) is 1.40. The molecule has 0 aliphatic heterocycles. The Kier molecular flexibility index (Phi) is 4.31. The van der Waals surface area contributed by atoms with Gasteiger partial charge in [0.2, 0.25) is 0 Å². The third kappa shape index (κ3) is 3.36. The van der Waals surface area contributed by atoms with Gasteiger partial charge in [-0.2, -0.15) is 0 Å². The number of hydrogen-bond acceptors (Lipinski definition) is 2. The van der Waals surface area contributed by atoms with Crippen LogP contribution in [0.3, 0.4) is 0 Å². The van der Waals surface area contributed by atoms with Crippen LogP contribution < -0.4 is 0 Å². The van der Waals surface area contributed by atoms with Gasteiger partial charge in [-0.1, -0.05) is 31.2 Å². The van der Waals surface area contributed by atoms with E-state index in [0.717, 1.165) is 12.0 Å².